The fraction of sp³-hybridized carbons (Fsp3) is 0.714. The number of hydrogen-bond donors (Lipinski definition) is 2. The maximum absolute atomic E-state index is 12.1. The van der Waals surface area contributed by atoms with E-state index in [-0.39, 0.29) is 17.7 Å². The number of amides is 2. The molecule has 0 aromatic rings. The minimum absolute atomic E-state index is 0.00226. The first-order valence-electron chi connectivity index (χ1n) is 7.11. The molecule has 0 aliphatic carbocycles. The Kier molecular flexibility index (Phi) is 7.25. The summed E-state index contributed by atoms with van der Waals surface area (Å²) < 4.78 is 0. The zero-order valence-corrected chi connectivity index (χ0v) is 12.5. The molecular weight excluding hydrogens is 256 g/mol. The lowest BCUT2D eigenvalue weighted by Gasteiger charge is -2.35. The highest BCUT2D eigenvalue weighted by atomic mass is 16.2. The molecule has 6 heteroatoms. The van der Waals surface area contributed by atoms with Crippen molar-refractivity contribution >= 4 is 11.8 Å². The van der Waals surface area contributed by atoms with Crippen LogP contribution in [-0.4, -0.2) is 74.5 Å². The molecule has 1 aliphatic rings. The molecular formula is C14H26N4O2. The quantitative estimate of drug-likeness (QED) is 0.606. The second kappa shape index (κ2) is 8.71. The molecule has 1 rings (SSSR count). The van der Waals surface area contributed by atoms with Crippen LogP contribution in [0.2, 0.25) is 0 Å². The number of nitrogens with one attached hydrogen (secondary N) is 2. The van der Waals surface area contributed by atoms with Gasteiger partial charge in [-0.2, -0.15) is 0 Å². The molecule has 2 amide bonds. The van der Waals surface area contributed by atoms with Crippen molar-refractivity contribution in [2.24, 2.45) is 5.92 Å². The Labute approximate surface area is 121 Å². The van der Waals surface area contributed by atoms with Gasteiger partial charge in [-0.25, -0.2) is 0 Å². The lowest BCUT2D eigenvalue weighted by atomic mass is 10.1. The third-order valence-electron chi connectivity index (χ3n) is 3.43. The Morgan fingerprint density at radius 2 is 1.95 bits per heavy atom. The summed E-state index contributed by atoms with van der Waals surface area (Å²) in [6, 6.07) is 0. The van der Waals surface area contributed by atoms with Crippen LogP contribution in [0.1, 0.15) is 6.92 Å². The number of nitrogens with zero attached hydrogens (tertiary/aromatic N) is 2. The molecule has 1 fully saturated rings. The monoisotopic (exact) mass is 282 g/mol. The lowest BCUT2D eigenvalue weighted by Crippen LogP contribution is -2.52. The van der Waals surface area contributed by atoms with Gasteiger partial charge in [0.15, 0.2) is 0 Å². The number of rotatable bonds is 7. The molecule has 6 nitrogen and oxygen atoms in total. The van der Waals surface area contributed by atoms with E-state index in [4.69, 9.17) is 0 Å². The van der Waals surface area contributed by atoms with Crippen LogP contribution >= 0.6 is 0 Å². The van der Waals surface area contributed by atoms with Crippen molar-refractivity contribution in [3.63, 3.8) is 0 Å². The number of piperazine rings is 1. The van der Waals surface area contributed by atoms with Gasteiger partial charge in [-0.1, -0.05) is 13.0 Å². The van der Waals surface area contributed by atoms with Gasteiger partial charge in [0, 0.05) is 45.2 Å². The summed E-state index contributed by atoms with van der Waals surface area (Å²) in [5.41, 5.74) is 0. The minimum atomic E-state index is 0.00226. The molecule has 0 saturated carbocycles. The fourth-order valence-electron chi connectivity index (χ4n) is 2.28. The summed E-state index contributed by atoms with van der Waals surface area (Å²) in [7, 11) is 1.85. The molecule has 1 unspecified atom stereocenters. The van der Waals surface area contributed by atoms with Gasteiger partial charge in [-0.15, -0.1) is 6.58 Å². The SMILES string of the molecule is C=CCNC(=O)CN1CCN(C(=O)C(C)CNC)CC1. The minimum Gasteiger partial charge on any atom is -0.352 e. The van der Waals surface area contributed by atoms with Crippen LogP contribution in [0, 0.1) is 5.92 Å². The van der Waals surface area contributed by atoms with E-state index in [9.17, 15) is 9.59 Å². The molecule has 1 aliphatic heterocycles. The third-order valence-corrected chi connectivity index (χ3v) is 3.43. The highest BCUT2D eigenvalue weighted by Gasteiger charge is 2.25. The average Bonchev–Trinajstić information content (AvgIpc) is 2.45. The molecule has 1 saturated heterocycles. The van der Waals surface area contributed by atoms with Gasteiger partial charge in [0.1, 0.15) is 0 Å². The van der Waals surface area contributed by atoms with Crippen LogP contribution in [0.4, 0.5) is 0 Å². The summed E-state index contributed by atoms with van der Waals surface area (Å²) in [5, 5.41) is 5.78. The first kappa shape index (κ1) is 16.7. The van der Waals surface area contributed by atoms with E-state index in [2.05, 4.69) is 22.1 Å². The predicted octanol–water partition coefficient (Wildman–Crippen LogP) is -0.712. The number of carbonyl (C=O) groups excluding carboxylic acids is 2. The molecule has 114 valence electrons. The smallest absolute Gasteiger partial charge is 0.234 e. The van der Waals surface area contributed by atoms with Crippen molar-refractivity contribution in [3.8, 4) is 0 Å². The highest BCUT2D eigenvalue weighted by molar-refractivity contribution is 5.79. The molecule has 0 aromatic carbocycles. The van der Waals surface area contributed by atoms with Crippen LogP contribution in [0.25, 0.3) is 0 Å². The molecule has 1 heterocycles. The second-order valence-corrected chi connectivity index (χ2v) is 5.15. The lowest BCUT2D eigenvalue weighted by molar-refractivity contribution is -0.136. The molecule has 20 heavy (non-hydrogen) atoms. The molecule has 0 bridgehead atoms. The van der Waals surface area contributed by atoms with E-state index >= 15 is 0 Å². The van der Waals surface area contributed by atoms with E-state index in [0.29, 0.717) is 32.7 Å². The van der Waals surface area contributed by atoms with Gasteiger partial charge in [-0.05, 0) is 7.05 Å². The van der Waals surface area contributed by atoms with Gasteiger partial charge >= 0.3 is 0 Å². The van der Waals surface area contributed by atoms with Gasteiger partial charge in [0.25, 0.3) is 0 Å². The molecule has 2 N–H and O–H groups in total. The maximum Gasteiger partial charge on any atom is 0.234 e. The van der Waals surface area contributed by atoms with E-state index in [1.807, 2.05) is 18.9 Å². The normalized spacial score (nSPS) is 17.6. The van der Waals surface area contributed by atoms with Gasteiger partial charge in [-0.3, -0.25) is 14.5 Å². The topological polar surface area (TPSA) is 64.7 Å². The summed E-state index contributed by atoms with van der Waals surface area (Å²) in [6.45, 7) is 9.98. The third kappa shape index (κ3) is 5.30. The van der Waals surface area contributed by atoms with Crippen LogP contribution < -0.4 is 10.6 Å². The molecule has 0 aromatic heterocycles. The van der Waals surface area contributed by atoms with Gasteiger partial charge in [0.05, 0.1) is 6.54 Å². The second-order valence-electron chi connectivity index (χ2n) is 5.15. The number of carbonyl (C=O) groups is 2. The van der Waals surface area contributed by atoms with E-state index < -0.39 is 0 Å². The Morgan fingerprint density at radius 3 is 2.50 bits per heavy atom. The standard InChI is InChI=1S/C14H26N4O2/c1-4-5-16-13(19)11-17-6-8-18(9-7-17)14(20)12(2)10-15-3/h4,12,15H,1,5-11H2,2-3H3,(H,16,19). The summed E-state index contributed by atoms with van der Waals surface area (Å²) >= 11 is 0. The van der Waals surface area contributed by atoms with E-state index in [0.717, 1.165) is 13.1 Å². The summed E-state index contributed by atoms with van der Waals surface area (Å²) in [5.74, 6) is 0.200. The van der Waals surface area contributed by atoms with Gasteiger partial charge < -0.3 is 15.5 Å². The van der Waals surface area contributed by atoms with Crippen LogP contribution in [0.3, 0.4) is 0 Å². The van der Waals surface area contributed by atoms with Crippen molar-refractivity contribution < 1.29 is 9.59 Å². The number of hydrogen-bond acceptors (Lipinski definition) is 4. The Bertz CT molecular complexity index is 338. The van der Waals surface area contributed by atoms with Crippen LogP contribution in [-0.2, 0) is 9.59 Å². The molecule has 1 atom stereocenters. The average molecular weight is 282 g/mol. The van der Waals surface area contributed by atoms with E-state index in [1.54, 1.807) is 6.08 Å². The van der Waals surface area contributed by atoms with E-state index in [1.165, 1.54) is 0 Å². The van der Waals surface area contributed by atoms with Crippen molar-refractivity contribution in [2.45, 2.75) is 6.92 Å². The highest BCUT2D eigenvalue weighted by Crippen LogP contribution is 2.07. The Balaban J connectivity index is 2.30. The first-order valence-corrected chi connectivity index (χ1v) is 7.11. The van der Waals surface area contributed by atoms with Crippen molar-refractivity contribution in [1.82, 2.24) is 20.4 Å². The van der Waals surface area contributed by atoms with Crippen molar-refractivity contribution in [2.75, 3.05) is 52.9 Å². The maximum atomic E-state index is 12.1. The fourth-order valence-corrected chi connectivity index (χ4v) is 2.28. The summed E-state index contributed by atoms with van der Waals surface area (Å²) in [6.07, 6.45) is 1.66. The Hall–Kier alpha value is -1.40. The predicted molar refractivity (Wildman–Crippen MR) is 79.3 cm³/mol. The zero-order valence-electron chi connectivity index (χ0n) is 12.5. The first-order chi connectivity index (χ1) is 9.58. The summed E-state index contributed by atoms with van der Waals surface area (Å²) in [4.78, 5) is 27.7. The molecule has 0 spiro atoms. The largest absolute Gasteiger partial charge is 0.352 e. The zero-order chi connectivity index (χ0) is 15.0. The van der Waals surface area contributed by atoms with Gasteiger partial charge in [0.2, 0.25) is 11.8 Å². The molecule has 0 radical (unpaired) electrons. The van der Waals surface area contributed by atoms with Crippen LogP contribution in [0.15, 0.2) is 12.7 Å². The Morgan fingerprint density at radius 1 is 1.30 bits per heavy atom. The van der Waals surface area contributed by atoms with Crippen molar-refractivity contribution in [3.05, 3.63) is 12.7 Å². The van der Waals surface area contributed by atoms with Crippen LogP contribution in [0.5, 0.6) is 0 Å². The van der Waals surface area contributed by atoms with Crippen molar-refractivity contribution in [1.29, 1.82) is 0 Å².